The first-order valence-electron chi connectivity index (χ1n) is 11.3. The highest BCUT2D eigenvalue weighted by molar-refractivity contribution is 8.00. The van der Waals surface area contributed by atoms with Crippen molar-refractivity contribution in [1.29, 1.82) is 0 Å². The molecular weight excluding hydrogens is 466 g/mol. The molecule has 0 saturated heterocycles. The Morgan fingerprint density at radius 3 is 2.06 bits per heavy atom. The molecule has 0 saturated carbocycles. The first kappa shape index (κ1) is 29.2. The maximum Gasteiger partial charge on any atom is 0.268 e. The summed E-state index contributed by atoms with van der Waals surface area (Å²) in [6.45, 7) is 14.5. The standard InChI is InChI=1S/C23H21N3O2S.2C2H6.ClH/c1-23(2,3)15-9-11-17(12-10-15)29-25-19-8-4-7-18-20(19)22(28)26(21(18)27)16-6-5-13-24-14-16;2*1-2;/h4-14,25H,1-3H3;2*1-2H3;1H. The van der Waals surface area contributed by atoms with Crippen LogP contribution >= 0.6 is 24.4 Å². The highest BCUT2D eigenvalue weighted by Crippen LogP contribution is 2.34. The van der Waals surface area contributed by atoms with E-state index in [2.05, 4.69) is 54.7 Å². The maximum atomic E-state index is 13.0. The Hall–Kier alpha value is -2.83. The molecule has 1 aliphatic heterocycles. The number of anilines is 2. The zero-order valence-electron chi connectivity index (χ0n) is 20.9. The minimum Gasteiger partial charge on any atom is -0.325 e. The lowest BCUT2D eigenvalue weighted by atomic mass is 9.87. The SMILES string of the molecule is CC.CC.CC(C)(C)c1ccc(SNc2cccc3c2C(=O)N(c2cccnc2)C3=O)cc1.Cl. The van der Waals surface area contributed by atoms with E-state index in [0.29, 0.717) is 22.5 Å². The van der Waals surface area contributed by atoms with Crippen LogP contribution in [0.2, 0.25) is 0 Å². The summed E-state index contributed by atoms with van der Waals surface area (Å²) in [4.78, 5) is 32.0. The average molecular weight is 500 g/mol. The summed E-state index contributed by atoms with van der Waals surface area (Å²) < 4.78 is 3.24. The van der Waals surface area contributed by atoms with Crippen molar-refractivity contribution in [2.45, 2.75) is 58.8 Å². The molecule has 1 aromatic heterocycles. The van der Waals surface area contributed by atoms with Gasteiger partial charge in [0, 0.05) is 11.1 Å². The lowest BCUT2D eigenvalue weighted by Gasteiger charge is -2.19. The van der Waals surface area contributed by atoms with Crippen LogP contribution in [0.3, 0.4) is 0 Å². The molecule has 34 heavy (non-hydrogen) atoms. The maximum absolute atomic E-state index is 13.0. The average Bonchev–Trinajstić information content (AvgIpc) is 3.11. The molecule has 0 unspecified atom stereocenters. The van der Waals surface area contributed by atoms with Gasteiger partial charge in [0.2, 0.25) is 0 Å². The van der Waals surface area contributed by atoms with Crippen LogP contribution in [0.4, 0.5) is 11.4 Å². The number of pyridine rings is 1. The third-order valence-electron chi connectivity index (χ3n) is 4.82. The van der Waals surface area contributed by atoms with E-state index in [1.807, 2.05) is 33.8 Å². The van der Waals surface area contributed by atoms with Crippen LogP contribution in [0.5, 0.6) is 0 Å². The molecule has 2 aromatic carbocycles. The Morgan fingerprint density at radius 2 is 1.50 bits per heavy atom. The van der Waals surface area contributed by atoms with Crippen molar-refractivity contribution in [3.8, 4) is 0 Å². The number of aromatic nitrogens is 1. The third kappa shape index (κ3) is 6.39. The van der Waals surface area contributed by atoms with Gasteiger partial charge in [-0.2, -0.15) is 0 Å². The van der Waals surface area contributed by atoms with Gasteiger partial charge in [0.25, 0.3) is 11.8 Å². The predicted molar refractivity (Wildman–Crippen MR) is 146 cm³/mol. The summed E-state index contributed by atoms with van der Waals surface area (Å²) in [5, 5.41) is 0. The fourth-order valence-electron chi connectivity index (χ4n) is 3.23. The topological polar surface area (TPSA) is 62.3 Å². The molecule has 0 radical (unpaired) electrons. The minimum atomic E-state index is -0.343. The van der Waals surface area contributed by atoms with Crippen molar-refractivity contribution < 1.29 is 9.59 Å². The number of fused-ring (bicyclic) bond motifs is 1. The Labute approximate surface area is 213 Å². The van der Waals surface area contributed by atoms with Gasteiger partial charge < -0.3 is 4.72 Å². The zero-order chi connectivity index (χ0) is 24.6. The number of halogens is 1. The summed E-state index contributed by atoms with van der Waals surface area (Å²) in [5.74, 6) is -0.675. The van der Waals surface area contributed by atoms with Crippen molar-refractivity contribution in [3.63, 3.8) is 0 Å². The van der Waals surface area contributed by atoms with Crippen LogP contribution in [0.1, 0.15) is 74.7 Å². The number of nitrogens with zero attached hydrogens (tertiary/aromatic N) is 2. The molecule has 1 N–H and O–H groups in total. The number of hydrogen-bond donors (Lipinski definition) is 1. The largest absolute Gasteiger partial charge is 0.325 e. The molecule has 0 aliphatic carbocycles. The number of benzene rings is 2. The van der Waals surface area contributed by atoms with E-state index in [-0.39, 0.29) is 29.6 Å². The molecule has 0 bridgehead atoms. The van der Waals surface area contributed by atoms with E-state index in [1.54, 1.807) is 30.5 Å². The van der Waals surface area contributed by atoms with Crippen LogP contribution in [0.15, 0.2) is 71.9 Å². The molecule has 182 valence electrons. The van der Waals surface area contributed by atoms with Gasteiger partial charge >= 0.3 is 0 Å². The second-order valence-electron chi connectivity index (χ2n) is 7.86. The second-order valence-corrected chi connectivity index (χ2v) is 8.74. The van der Waals surface area contributed by atoms with Gasteiger partial charge in [-0.05, 0) is 59.3 Å². The normalized spacial score (nSPS) is 11.9. The Kier molecular flexibility index (Phi) is 11.3. The minimum absolute atomic E-state index is 0. The van der Waals surface area contributed by atoms with Crippen molar-refractivity contribution in [2.75, 3.05) is 9.62 Å². The molecule has 4 rings (SSSR count). The van der Waals surface area contributed by atoms with E-state index < -0.39 is 0 Å². The van der Waals surface area contributed by atoms with Gasteiger partial charge in [-0.3, -0.25) is 14.6 Å². The predicted octanol–water partition coefficient (Wildman–Crippen LogP) is 7.77. The quantitative estimate of drug-likeness (QED) is 0.293. The Bertz CT molecular complexity index is 1080. The van der Waals surface area contributed by atoms with E-state index in [9.17, 15) is 9.59 Å². The van der Waals surface area contributed by atoms with Crippen LogP contribution in [0.25, 0.3) is 0 Å². The summed E-state index contributed by atoms with van der Waals surface area (Å²) in [6, 6.07) is 17.0. The molecule has 5 nitrogen and oxygen atoms in total. The lowest BCUT2D eigenvalue weighted by molar-refractivity contribution is 0.0926. The molecule has 2 amide bonds. The zero-order valence-corrected chi connectivity index (χ0v) is 22.5. The molecule has 0 spiro atoms. The Morgan fingerprint density at radius 1 is 0.853 bits per heavy atom. The van der Waals surface area contributed by atoms with Gasteiger partial charge in [0.15, 0.2) is 0 Å². The number of amides is 2. The Balaban J connectivity index is 0.00000110. The third-order valence-corrected chi connectivity index (χ3v) is 5.65. The van der Waals surface area contributed by atoms with Gasteiger partial charge in [-0.1, -0.05) is 66.7 Å². The van der Waals surface area contributed by atoms with Gasteiger partial charge in [-0.15, -0.1) is 12.4 Å². The fraction of sp³-hybridized carbons (Fsp3) is 0.296. The first-order chi connectivity index (χ1) is 15.9. The van der Waals surface area contributed by atoms with E-state index in [4.69, 9.17) is 0 Å². The molecule has 3 aromatic rings. The summed E-state index contributed by atoms with van der Waals surface area (Å²) >= 11 is 1.41. The van der Waals surface area contributed by atoms with Crippen LogP contribution in [0, 0.1) is 0 Å². The van der Waals surface area contributed by atoms with Gasteiger partial charge in [-0.25, -0.2) is 4.90 Å². The summed E-state index contributed by atoms with van der Waals surface area (Å²) in [7, 11) is 0. The number of imide groups is 1. The number of carbonyl (C=O) groups is 2. The smallest absolute Gasteiger partial charge is 0.268 e. The van der Waals surface area contributed by atoms with Crippen molar-refractivity contribution in [1.82, 2.24) is 4.98 Å². The second kappa shape index (κ2) is 13.2. The molecule has 0 atom stereocenters. The van der Waals surface area contributed by atoms with E-state index in [0.717, 1.165) is 4.90 Å². The van der Waals surface area contributed by atoms with Crippen molar-refractivity contribution in [3.05, 3.63) is 83.7 Å². The van der Waals surface area contributed by atoms with Crippen molar-refractivity contribution >= 4 is 47.5 Å². The molecule has 7 heteroatoms. The summed E-state index contributed by atoms with van der Waals surface area (Å²) in [5.41, 5.74) is 3.23. The molecule has 1 aliphatic rings. The van der Waals surface area contributed by atoms with Gasteiger partial charge in [0.05, 0.1) is 28.7 Å². The van der Waals surface area contributed by atoms with E-state index >= 15 is 0 Å². The van der Waals surface area contributed by atoms with Crippen LogP contribution < -0.4 is 9.62 Å². The lowest BCUT2D eigenvalue weighted by Crippen LogP contribution is -2.29. The monoisotopic (exact) mass is 499 g/mol. The molecule has 2 heterocycles. The number of carbonyl (C=O) groups excluding carboxylic acids is 2. The highest BCUT2D eigenvalue weighted by Gasteiger charge is 2.38. The number of nitrogens with one attached hydrogen (secondary N) is 1. The highest BCUT2D eigenvalue weighted by atomic mass is 35.5. The van der Waals surface area contributed by atoms with E-state index in [1.165, 1.54) is 28.6 Å². The molecular formula is C27H34ClN3O2S. The summed E-state index contributed by atoms with van der Waals surface area (Å²) in [6.07, 6.45) is 3.12. The number of hydrogen-bond acceptors (Lipinski definition) is 5. The van der Waals surface area contributed by atoms with Crippen molar-refractivity contribution in [2.24, 2.45) is 0 Å². The molecule has 0 fully saturated rings. The number of rotatable bonds is 4. The van der Waals surface area contributed by atoms with Crippen LogP contribution in [-0.2, 0) is 5.41 Å². The fourth-order valence-corrected chi connectivity index (χ4v) is 3.90. The van der Waals surface area contributed by atoms with Crippen LogP contribution in [-0.4, -0.2) is 16.8 Å². The first-order valence-corrected chi connectivity index (χ1v) is 12.1. The van der Waals surface area contributed by atoms with Gasteiger partial charge in [0.1, 0.15) is 0 Å².